The molecule has 2 amide bonds. The fraction of sp³-hybridized carbons (Fsp3) is 0.267. The minimum absolute atomic E-state index is 0.0353. The van der Waals surface area contributed by atoms with Gasteiger partial charge in [0.25, 0.3) is 17.0 Å². The van der Waals surface area contributed by atoms with Crippen LogP contribution in [0.4, 0.5) is 5.13 Å². The third-order valence-electron chi connectivity index (χ3n) is 4.28. The van der Waals surface area contributed by atoms with Crippen molar-refractivity contribution in [1.82, 2.24) is 25.3 Å². The summed E-state index contributed by atoms with van der Waals surface area (Å²) in [5.74, 6) is -2.26. The molecule has 1 unspecified atom stereocenters. The number of rotatable bonds is 6. The molecule has 0 saturated carbocycles. The van der Waals surface area contributed by atoms with Gasteiger partial charge >= 0.3 is 5.97 Å². The number of carboxylic acid groups (broad SMARTS) is 1. The normalized spacial score (nSPS) is 20.8. The number of aliphatic carboxylic acids is 1. The topological polar surface area (TPSA) is 197 Å². The van der Waals surface area contributed by atoms with Gasteiger partial charge in [-0.15, -0.1) is 11.8 Å². The number of carboxylic acids is 1. The number of nitrogens with zero attached hydrogens (tertiary/aromatic N) is 5. The molecule has 2 aromatic rings. The highest BCUT2D eigenvalue weighted by Crippen LogP contribution is 2.44. The van der Waals surface area contributed by atoms with Crippen LogP contribution >= 0.6 is 46.5 Å². The molecule has 0 radical (unpaired) electrons. The van der Waals surface area contributed by atoms with Crippen molar-refractivity contribution >= 4 is 75.1 Å². The van der Waals surface area contributed by atoms with E-state index >= 15 is 0 Å². The van der Waals surface area contributed by atoms with Gasteiger partial charge < -0.3 is 25.9 Å². The third-order valence-corrected chi connectivity index (χ3v) is 7.75. The lowest BCUT2D eigenvalue weighted by atomic mass is 10.0. The maximum atomic E-state index is 12.7. The van der Waals surface area contributed by atoms with Gasteiger partial charge in [0.15, 0.2) is 16.7 Å². The van der Waals surface area contributed by atoms with Crippen LogP contribution < -0.4 is 11.1 Å². The summed E-state index contributed by atoms with van der Waals surface area (Å²) in [5.41, 5.74) is 4.67. The van der Waals surface area contributed by atoms with Gasteiger partial charge in [-0.2, -0.15) is 4.98 Å². The van der Waals surface area contributed by atoms with Crippen molar-refractivity contribution in [3.8, 4) is 0 Å². The van der Waals surface area contributed by atoms with Crippen LogP contribution in [-0.2, 0) is 14.4 Å². The first-order chi connectivity index (χ1) is 15.2. The highest BCUT2D eigenvalue weighted by atomic mass is 35.5. The Bertz CT molecular complexity index is 1190. The van der Waals surface area contributed by atoms with Crippen LogP contribution in [0, 0.1) is 6.92 Å². The van der Waals surface area contributed by atoms with Gasteiger partial charge in [-0.3, -0.25) is 14.5 Å². The van der Waals surface area contributed by atoms with E-state index in [0.29, 0.717) is 10.7 Å². The number of thioether (sulfide) groups is 2. The lowest BCUT2D eigenvalue weighted by Gasteiger charge is -2.49. The molecule has 2 aromatic heterocycles. The van der Waals surface area contributed by atoms with Crippen LogP contribution in [0.1, 0.15) is 11.5 Å². The molecule has 17 heteroatoms. The zero-order chi connectivity index (χ0) is 23.2. The number of halogens is 1. The fourth-order valence-electron chi connectivity index (χ4n) is 2.97. The van der Waals surface area contributed by atoms with E-state index in [2.05, 4.69) is 25.6 Å². The molecule has 1 saturated heterocycles. The molecule has 2 aliphatic heterocycles. The number of hydrogen-bond acceptors (Lipinski definition) is 13. The van der Waals surface area contributed by atoms with Crippen LogP contribution in [0.2, 0.25) is 4.34 Å². The Morgan fingerprint density at radius 3 is 2.75 bits per heavy atom. The van der Waals surface area contributed by atoms with Gasteiger partial charge in [0.1, 0.15) is 27.1 Å². The van der Waals surface area contributed by atoms with Crippen molar-refractivity contribution in [3.05, 3.63) is 26.5 Å². The zero-order valence-corrected chi connectivity index (χ0v) is 19.0. The number of aryl methyl sites for hydroxylation is 1. The maximum absolute atomic E-state index is 12.7. The van der Waals surface area contributed by atoms with Crippen LogP contribution in [0.15, 0.2) is 25.5 Å². The number of nitrogen functional groups attached to an aromatic ring is 1. The average molecular weight is 518 g/mol. The molecule has 0 bridgehead atoms. The number of β-lactam (4-membered cyclic amide) rings is 1. The largest absolute Gasteiger partial charge is 0.477 e. The molecule has 0 aromatic carbocycles. The first kappa shape index (κ1) is 22.4. The van der Waals surface area contributed by atoms with E-state index in [1.807, 2.05) is 0 Å². The second-order valence-electron chi connectivity index (χ2n) is 6.27. The maximum Gasteiger partial charge on any atom is 0.353 e. The summed E-state index contributed by atoms with van der Waals surface area (Å²) >= 11 is 9.04. The fourth-order valence-corrected chi connectivity index (χ4v) is 6.28. The Balaban J connectivity index is 1.53. The second kappa shape index (κ2) is 8.61. The zero-order valence-electron chi connectivity index (χ0n) is 15.8. The number of thiazole rings is 1. The molecule has 2 atom stereocenters. The SMILES string of the molecule is Cc1noc(SC2=C(C(=O)O)N3C(=O)[C@@H](NC(=O)C(=NO)c4nc(N)sc4Cl)C3SC2)n1. The summed E-state index contributed by atoms with van der Waals surface area (Å²) in [5, 5.41) is 27.5. The van der Waals surface area contributed by atoms with E-state index in [9.17, 15) is 24.7 Å². The quantitative estimate of drug-likeness (QED) is 0.181. The van der Waals surface area contributed by atoms with Crippen molar-refractivity contribution in [2.45, 2.75) is 23.6 Å². The smallest absolute Gasteiger partial charge is 0.353 e. The lowest BCUT2D eigenvalue weighted by Crippen LogP contribution is -2.71. The Hall–Kier alpha value is -2.82. The molecule has 4 rings (SSSR count). The minimum atomic E-state index is -1.31. The summed E-state index contributed by atoms with van der Waals surface area (Å²) in [6, 6.07) is -1.05. The van der Waals surface area contributed by atoms with Crippen molar-refractivity contribution in [3.63, 3.8) is 0 Å². The molecule has 1 fully saturated rings. The standard InChI is InChI=1S/C15H12ClN7O6S3/c1-3-18-15(29-22-3)31-4-2-30-12-7(11(25)23(12)8(4)13(26)27)19-10(24)6(21-28)5-9(16)32-14(17)20-5/h7,12,28H,2H2,1H3,(H2,17,20)(H,19,24)(H,26,27)/t7-,12?/m1/s1. The van der Waals surface area contributed by atoms with Crippen LogP contribution in [0.25, 0.3) is 0 Å². The van der Waals surface area contributed by atoms with Crippen molar-refractivity contribution < 1.29 is 29.2 Å². The predicted octanol–water partition coefficient (Wildman–Crippen LogP) is 0.737. The second-order valence-corrected chi connectivity index (χ2v) is 10.1. The number of carbonyl (C=O) groups is 3. The average Bonchev–Trinajstić information content (AvgIpc) is 3.30. The summed E-state index contributed by atoms with van der Waals surface area (Å²) in [6.45, 7) is 1.62. The molecule has 2 aliphatic rings. The Kier molecular flexibility index (Phi) is 6.02. The predicted molar refractivity (Wildman–Crippen MR) is 114 cm³/mol. The minimum Gasteiger partial charge on any atom is -0.477 e. The number of nitrogens with two attached hydrogens (primary N) is 1. The summed E-state index contributed by atoms with van der Waals surface area (Å²) < 4.78 is 5.05. The molecule has 4 heterocycles. The van der Waals surface area contributed by atoms with Gasteiger partial charge in [-0.05, 0) is 18.7 Å². The Morgan fingerprint density at radius 1 is 1.44 bits per heavy atom. The monoisotopic (exact) mass is 517 g/mol. The van der Waals surface area contributed by atoms with Crippen molar-refractivity contribution in [2.75, 3.05) is 11.5 Å². The third kappa shape index (κ3) is 3.89. The molecular weight excluding hydrogens is 506 g/mol. The highest BCUT2D eigenvalue weighted by Gasteiger charge is 2.54. The van der Waals surface area contributed by atoms with Gasteiger partial charge in [-0.25, -0.2) is 9.78 Å². The molecule has 13 nitrogen and oxygen atoms in total. The molecule has 5 N–H and O–H groups in total. The Morgan fingerprint density at radius 2 is 2.19 bits per heavy atom. The van der Waals surface area contributed by atoms with Crippen molar-refractivity contribution in [1.29, 1.82) is 0 Å². The van der Waals surface area contributed by atoms with E-state index in [1.54, 1.807) is 6.92 Å². The highest BCUT2D eigenvalue weighted by molar-refractivity contribution is 8.06. The van der Waals surface area contributed by atoms with E-state index in [1.165, 1.54) is 11.8 Å². The molecule has 32 heavy (non-hydrogen) atoms. The lowest BCUT2D eigenvalue weighted by molar-refractivity contribution is -0.150. The first-order valence-corrected chi connectivity index (χ1v) is 11.6. The number of aromatic nitrogens is 3. The van der Waals surface area contributed by atoms with Crippen molar-refractivity contribution in [2.24, 2.45) is 5.16 Å². The molecule has 0 spiro atoms. The van der Waals surface area contributed by atoms with E-state index in [4.69, 9.17) is 21.9 Å². The van der Waals surface area contributed by atoms with Gasteiger partial charge in [0.05, 0.1) is 0 Å². The van der Waals surface area contributed by atoms with Crippen LogP contribution in [0.3, 0.4) is 0 Å². The summed E-state index contributed by atoms with van der Waals surface area (Å²) in [6.07, 6.45) is 0. The number of amides is 2. The number of fused-ring (bicyclic) bond motifs is 1. The Labute approximate surface area is 196 Å². The molecular formula is C15H12ClN7O6S3. The van der Waals surface area contributed by atoms with Crippen LogP contribution in [-0.4, -0.2) is 71.0 Å². The molecule has 168 valence electrons. The summed E-state index contributed by atoms with van der Waals surface area (Å²) in [7, 11) is 0. The van der Waals surface area contributed by atoms with Gasteiger partial charge in [-0.1, -0.05) is 33.3 Å². The number of anilines is 1. The molecule has 0 aliphatic carbocycles. The summed E-state index contributed by atoms with van der Waals surface area (Å²) in [4.78, 5) is 46.5. The van der Waals surface area contributed by atoms with Crippen LogP contribution in [0.5, 0.6) is 0 Å². The van der Waals surface area contributed by atoms with E-state index in [-0.39, 0.29) is 31.8 Å². The number of carbonyl (C=O) groups excluding carboxylic acids is 2. The number of hydrogen-bond donors (Lipinski definition) is 4. The number of oxime groups is 1. The number of nitrogens with one attached hydrogen (secondary N) is 1. The van der Waals surface area contributed by atoms with E-state index < -0.39 is 34.9 Å². The van der Waals surface area contributed by atoms with Gasteiger partial charge in [0, 0.05) is 10.7 Å². The van der Waals surface area contributed by atoms with Gasteiger partial charge in [0.2, 0.25) is 0 Å². The first-order valence-electron chi connectivity index (χ1n) is 8.55. The van der Waals surface area contributed by atoms with E-state index in [0.717, 1.165) is 28.0 Å².